The summed E-state index contributed by atoms with van der Waals surface area (Å²) >= 11 is 1.44. The van der Waals surface area contributed by atoms with E-state index in [0.717, 1.165) is 25.1 Å². The van der Waals surface area contributed by atoms with Gasteiger partial charge >= 0.3 is 0 Å². The van der Waals surface area contributed by atoms with Gasteiger partial charge in [0.2, 0.25) is 5.91 Å². The highest BCUT2D eigenvalue weighted by Crippen LogP contribution is 2.21. The highest BCUT2D eigenvalue weighted by Gasteiger charge is 2.28. The lowest BCUT2D eigenvalue weighted by Crippen LogP contribution is -2.50. The number of carbonyl (C=O) groups excluding carboxylic acids is 2. The first-order valence-electron chi connectivity index (χ1n) is 9.92. The third kappa shape index (κ3) is 5.58. The first-order chi connectivity index (χ1) is 12.7. The number of hydrogen-bond donors (Lipinski definition) is 0. The average molecular weight is 375 g/mol. The van der Waals surface area contributed by atoms with Crippen LogP contribution in [0.3, 0.4) is 0 Å². The van der Waals surface area contributed by atoms with Gasteiger partial charge in [-0.15, -0.1) is 11.8 Å². The number of ketones is 1. The lowest BCUT2D eigenvalue weighted by Gasteiger charge is -2.39. The largest absolute Gasteiger partial charge is 0.340 e. The summed E-state index contributed by atoms with van der Waals surface area (Å²) in [5, 5.41) is 0. The second-order valence-corrected chi connectivity index (χ2v) is 8.35. The lowest BCUT2D eigenvalue weighted by molar-refractivity contribution is -0.130. The molecule has 1 unspecified atom stereocenters. The predicted molar refractivity (Wildman–Crippen MR) is 108 cm³/mol. The third-order valence-electron chi connectivity index (χ3n) is 5.46. The van der Waals surface area contributed by atoms with Crippen molar-refractivity contribution in [3.05, 3.63) is 35.9 Å². The van der Waals surface area contributed by atoms with Gasteiger partial charge in [-0.2, -0.15) is 0 Å². The molecular weight excluding hydrogens is 344 g/mol. The minimum absolute atomic E-state index is 0.101. The molecule has 0 spiro atoms. The number of likely N-dealkylation sites (tertiary alicyclic amines) is 2. The van der Waals surface area contributed by atoms with Gasteiger partial charge in [-0.3, -0.25) is 14.5 Å². The van der Waals surface area contributed by atoms with E-state index in [0.29, 0.717) is 17.5 Å². The summed E-state index contributed by atoms with van der Waals surface area (Å²) in [6, 6.07) is 9.86. The van der Waals surface area contributed by atoms with E-state index in [1.165, 1.54) is 57.0 Å². The van der Waals surface area contributed by atoms with E-state index in [-0.39, 0.29) is 11.7 Å². The molecule has 2 fully saturated rings. The number of piperidine rings is 1. The van der Waals surface area contributed by atoms with E-state index in [2.05, 4.69) is 4.90 Å². The maximum absolute atomic E-state index is 12.6. The van der Waals surface area contributed by atoms with Crippen molar-refractivity contribution >= 4 is 23.5 Å². The second-order valence-electron chi connectivity index (χ2n) is 7.37. The molecule has 4 nitrogen and oxygen atoms in total. The fraction of sp³-hybridized carbons (Fsp3) is 0.619. The van der Waals surface area contributed by atoms with Crippen molar-refractivity contribution in [1.82, 2.24) is 9.80 Å². The Hall–Kier alpha value is -1.33. The highest BCUT2D eigenvalue weighted by molar-refractivity contribution is 8.00. The number of benzene rings is 1. The molecule has 0 saturated carbocycles. The van der Waals surface area contributed by atoms with E-state index >= 15 is 0 Å². The first-order valence-corrected chi connectivity index (χ1v) is 11.1. The van der Waals surface area contributed by atoms with E-state index in [1.54, 1.807) is 0 Å². The van der Waals surface area contributed by atoms with Crippen LogP contribution in [0.2, 0.25) is 0 Å². The van der Waals surface area contributed by atoms with Gasteiger partial charge < -0.3 is 4.90 Å². The van der Waals surface area contributed by atoms with Crippen LogP contribution < -0.4 is 0 Å². The van der Waals surface area contributed by atoms with Crippen LogP contribution in [0.5, 0.6) is 0 Å². The summed E-state index contributed by atoms with van der Waals surface area (Å²) in [5.74, 6) is 1.07. The standard InChI is InChI=1S/C21H30N2O2S/c24-20(18-9-4-3-5-10-18)16-26-17-21(25)23-14-8-11-19(15-23)22-12-6-1-2-7-13-22/h3-5,9-10,19H,1-2,6-8,11-17H2. The molecule has 1 atom stereocenters. The quantitative estimate of drug-likeness (QED) is 0.715. The molecule has 0 bridgehead atoms. The molecule has 1 aromatic carbocycles. The van der Waals surface area contributed by atoms with Crippen LogP contribution >= 0.6 is 11.8 Å². The highest BCUT2D eigenvalue weighted by atomic mass is 32.2. The Balaban J connectivity index is 1.43. The van der Waals surface area contributed by atoms with E-state index < -0.39 is 0 Å². The molecule has 26 heavy (non-hydrogen) atoms. The fourth-order valence-electron chi connectivity index (χ4n) is 3.97. The minimum Gasteiger partial charge on any atom is -0.340 e. The van der Waals surface area contributed by atoms with Crippen molar-refractivity contribution < 1.29 is 9.59 Å². The Labute approximate surface area is 161 Å². The maximum atomic E-state index is 12.6. The van der Waals surface area contributed by atoms with Crippen LogP contribution in [0.1, 0.15) is 48.9 Å². The van der Waals surface area contributed by atoms with Gasteiger partial charge in [-0.25, -0.2) is 0 Å². The number of carbonyl (C=O) groups is 2. The van der Waals surface area contributed by atoms with E-state index in [4.69, 9.17) is 0 Å². The summed E-state index contributed by atoms with van der Waals surface area (Å²) in [6.45, 7) is 4.11. The number of rotatable bonds is 6. The molecule has 3 rings (SSSR count). The topological polar surface area (TPSA) is 40.6 Å². The monoisotopic (exact) mass is 374 g/mol. The van der Waals surface area contributed by atoms with Gasteiger partial charge in [0, 0.05) is 24.7 Å². The normalized spacial score (nSPS) is 22.0. The summed E-state index contributed by atoms with van der Waals surface area (Å²) in [5.41, 5.74) is 0.728. The number of hydrogen-bond acceptors (Lipinski definition) is 4. The SMILES string of the molecule is O=C(CSCC(=O)N1CCCC(N2CCCCCC2)C1)c1ccccc1. The van der Waals surface area contributed by atoms with E-state index in [9.17, 15) is 9.59 Å². The first kappa shape index (κ1) is 19.4. The molecule has 2 saturated heterocycles. The zero-order valence-electron chi connectivity index (χ0n) is 15.6. The predicted octanol–water partition coefficient (Wildman–Crippen LogP) is 3.47. The molecule has 142 valence electrons. The van der Waals surface area contributed by atoms with Crippen LogP contribution in [-0.2, 0) is 4.79 Å². The molecule has 0 aromatic heterocycles. The zero-order valence-corrected chi connectivity index (χ0v) is 16.4. The Morgan fingerprint density at radius 3 is 2.38 bits per heavy atom. The van der Waals surface area contributed by atoms with Crippen molar-refractivity contribution in [2.45, 2.75) is 44.6 Å². The van der Waals surface area contributed by atoms with Gasteiger partial charge in [-0.05, 0) is 38.8 Å². The molecule has 1 amide bonds. The van der Waals surface area contributed by atoms with Crippen molar-refractivity contribution in [1.29, 1.82) is 0 Å². The minimum atomic E-state index is 0.101. The number of Topliss-reactive ketones (excluding diaryl/α,β-unsaturated/α-hetero) is 1. The van der Waals surface area contributed by atoms with Gasteiger partial charge in [0.05, 0.1) is 11.5 Å². The van der Waals surface area contributed by atoms with Crippen LogP contribution in [0.25, 0.3) is 0 Å². The van der Waals surface area contributed by atoms with Crippen LogP contribution in [0.15, 0.2) is 30.3 Å². The van der Waals surface area contributed by atoms with Crippen molar-refractivity contribution in [3.63, 3.8) is 0 Å². The third-order valence-corrected chi connectivity index (χ3v) is 6.38. The van der Waals surface area contributed by atoms with Crippen molar-refractivity contribution in [3.8, 4) is 0 Å². The Bertz CT molecular complexity index is 585. The Morgan fingerprint density at radius 2 is 1.65 bits per heavy atom. The second kappa shape index (κ2) is 10.1. The fourth-order valence-corrected chi connectivity index (χ4v) is 4.78. The molecule has 2 aliphatic rings. The number of nitrogens with zero attached hydrogens (tertiary/aromatic N) is 2. The molecule has 0 aliphatic carbocycles. The van der Waals surface area contributed by atoms with E-state index in [1.807, 2.05) is 35.2 Å². The molecule has 2 heterocycles. The Morgan fingerprint density at radius 1 is 0.923 bits per heavy atom. The van der Waals surface area contributed by atoms with Crippen LogP contribution in [0.4, 0.5) is 0 Å². The molecule has 2 aliphatic heterocycles. The summed E-state index contributed by atoms with van der Waals surface area (Å²) in [7, 11) is 0. The molecule has 5 heteroatoms. The number of thioether (sulfide) groups is 1. The number of amides is 1. The molecule has 0 N–H and O–H groups in total. The van der Waals surface area contributed by atoms with Crippen molar-refractivity contribution in [2.75, 3.05) is 37.7 Å². The van der Waals surface area contributed by atoms with Crippen LogP contribution in [0, 0.1) is 0 Å². The smallest absolute Gasteiger partial charge is 0.232 e. The van der Waals surface area contributed by atoms with Gasteiger partial charge in [0.1, 0.15) is 0 Å². The van der Waals surface area contributed by atoms with Gasteiger partial charge in [0.25, 0.3) is 0 Å². The zero-order chi connectivity index (χ0) is 18.2. The molecule has 0 radical (unpaired) electrons. The van der Waals surface area contributed by atoms with Gasteiger partial charge in [-0.1, -0.05) is 43.2 Å². The van der Waals surface area contributed by atoms with Crippen LogP contribution in [-0.4, -0.2) is 65.2 Å². The maximum Gasteiger partial charge on any atom is 0.232 e. The molecular formula is C21H30N2O2S. The summed E-state index contributed by atoms with van der Waals surface area (Å²) in [4.78, 5) is 29.4. The molecule has 1 aromatic rings. The Kier molecular flexibility index (Phi) is 7.56. The summed E-state index contributed by atoms with van der Waals surface area (Å²) < 4.78 is 0. The average Bonchev–Trinajstić information content (AvgIpc) is 2.98. The van der Waals surface area contributed by atoms with Gasteiger partial charge in [0.15, 0.2) is 5.78 Å². The van der Waals surface area contributed by atoms with Crippen molar-refractivity contribution in [2.24, 2.45) is 0 Å². The lowest BCUT2D eigenvalue weighted by atomic mass is 10.0. The summed E-state index contributed by atoms with van der Waals surface area (Å²) in [6.07, 6.45) is 7.59.